The molecule has 0 saturated carbocycles. The highest BCUT2D eigenvalue weighted by Crippen LogP contribution is 2.38. The van der Waals surface area contributed by atoms with Gasteiger partial charge >= 0.3 is 6.18 Å². The first-order chi connectivity index (χ1) is 16.0. The van der Waals surface area contributed by atoms with Gasteiger partial charge in [-0.1, -0.05) is 29.3 Å². The van der Waals surface area contributed by atoms with E-state index in [9.17, 15) is 26.4 Å². The largest absolute Gasteiger partial charge is 0.417 e. The third kappa shape index (κ3) is 6.12. The number of aryl methyl sites for hydroxylation is 1. The summed E-state index contributed by atoms with van der Waals surface area (Å²) < 4.78 is 67.4. The second kappa shape index (κ2) is 10.2. The van der Waals surface area contributed by atoms with Gasteiger partial charge in [0.2, 0.25) is 0 Å². The molecule has 0 fully saturated rings. The second-order valence-corrected chi connectivity index (χ2v) is 9.33. The molecular formula is C22H18ClF3N4O3S. The average Bonchev–Trinajstić information content (AvgIpc) is 2.78. The van der Waals surface area contributed by atoms with Crippen LogP contribution >= 0.6 is 11.6 Å². The van der Waals surface area contributed by atoms with Crippen molar-refractivity contribution in [3.8, 4) is 0 Å². The van der Waals surface area contributed by atoms with Crippen LogP contribution in [0.3, 0.4) is 0 Å². The zero-order valence-electron chi connectivity index (χ0n) is 17.6. The summed E-state index contributed by atoms with van der Waals surface area (Å²) in [7, 11) is -4.42. The van der Waals surface area contributed by atoms with Gasteiger partial charge in [0.1, 0.15) is 6.54 Å². The summed E-state index contributed by atoms with van der Waals surface area (Å²) >= 11 is 5.68. The van der Waals surface area contributed by atoms with Crippen molar-refractivity contribution in [1.29, 1.82) is 0 Å². The number of alkyl halides is 3. The van der Waals surface area contributed by atoms with Crippen LogP contribution in [-0.4, -0.2) is 32.1 Å². The first-order valence-corrected chi connectivity index (χ1v) is 11.5. The number of carbonyl (C=O) groups is 1. The Morgan fingerprint density at radius 3 is 2.38 bits per heavy atom. The van der Waals surface area contributed by atoms with Gasteiger partial charge in [-0.15, -0.1) is 0 Å². The smallest absolute Gasteiger partial charge is 0.271 e. The maximum Gasteiger partial charge on any atom is 0.417 e. The standard InChI is InChI=1S/C22H18ClF3N4O3S/c1-15-2-5-18(6-3-15)34(32,33)30(17-4-7-20(23)19(12-17)22(24,25)26)14-21(31)29-28-13-16-8-10-27-11-9-16/h2-13H,14H2,1H3,(H,29,31)/b28-13-. The molecule has 2 aromatic carbocycles. The van der Waals surface area contributed by atoms with Gasteiger partial charge in [0.05, 0.1) is 27.4 Å². The Morgan fingerprint density at radius 1 is 1.12 bits per heavy atom. The quantitative estimate of drug-likeness (QED) is 0.376. The second-order valence-electron chi connectivity index (χ2n) is 7.06. The van der Waals surface area contributed by atoms with E-state index in [4.69, 9.17) is 11.6 Å². The fraction of sp³-hybridized carbons (Fsp3) is 0.136. The lowest BCUT2D eigenvalue weighted by molar-refractivity contribution is -0.137. The average molecular weight is 511 g/mol. The molecule has 1 N–H and O–H groups in total. The van der Waals surface area contributed by atoms with Crippen LogP contribution in [0.1, 0.15) is 16.7 Å². The molecule has 3 rings (SSSR count). The number of aromatic nitrogens is 1. The van der Waals surface area contributed by atoms with Gasteiger partial charge in [-0.2, -0.15) is 18.3 Å². The summed E-state index contributed by atoms with van der Waals surface area (Å²) in [6.45, 7) is 0.917. The Labute approximate surface area is 198 Å². The minimum absolute atomic E-state index is 0.199. The lowest BCUT2D eigenvalue weighted by Crippen LogP contribution is -2.39. The van der Waals surface area contributed by atoms with Crippen molar-refractivity contribution in [2.24, 2.45) is 5.10 Å². The van der Waals surface area contributed by atoms with Crippen LogP contribution < -0.4 is 9.73 Å². The Bertz CT molecular complexity index is 1300. The van der Waals surface area contributed by atoms with Crippen LogP contribution in [-0.2, 0) is 21.0 Å². The minimum atomic E-state index is -4.83. The summed E-state index contributed by atoms with van der Waals surface area (Å²) in [6, 6.07) is 11.5. The molecule has 1 amide bonds. The van der Waals surface area contributed by atoms with Gasteiger partial charge in [-0.25, -0.2) is 13.8 Å². The molecule has 1 heterocycles. The van der Waals surface area contributed by atoms with Crippen molar-refractivity contribution in [2.45, 2.75) is 18.0 Å². The van der Waals surface area contributed by atoms with Crippen LogP contribution in [0, 0.1) is 6.92 Å². The number of nitrogens with one attached hydrogen (secondary N) is 1. The highest BCUT2D eigenvalue weighted by Gasteiger charge is 2.35. The van der Waals surface area contributed by atoms with Crippen molar-refractivity contribution in [3.63, 3.8) is 0 Å². The molecule has 0 saturated heterocycles. The van der Waals surface area contributed by atoms with E-state index in [0.717, 1.165) is 17.7 Å². The summed E-state index contributed by atoms with van der Waals surface area (Å²) in [4.78, 5) is 16.1. The number of carbonyl (C=O) groups excluding carboxylic acids is 1. The SMILES string of the molecule is Cc1ccc(S(=O)(=O)N(CC(=O)N/N=C\c2ccncc2)c2ccc(Cl)c(C(F)(F)F)c2)cc1. The maximum atomic E-state index is 13.4. The van der Waals surface area contributed by atoms with Crippen LogP contribution in [0.2, 0.25) is 5.02 Å². The predicted octanol–water partition coefficient (Wildman–Crippen LogP) is 4.41. The van der Waals surface area contributed by atoms with Gasteiger partial charge in [-0.3, -0.25) is 14.1 Å². The Kier molecular flexibility index (Phi) is 7.57. The Hall–Kier alpha value is -3.44. The summed E-state index contributed by atoms with van der Waals surface area (Å²) in [5.41, 5.74) is 1.96. The summed E-state index contributed by atoms with van der Waals surface area (Å²) in [5, 5.41) is 3.15. The highest BCUT2D eigenvalue weighted by atomic mass is 35.5. The van der Waals surface area contributed by atoms with E-state index in [1.165, 1.54) is 42.9 Å². The van der Waals surface area contributed by atoms with Gasteiger partial charge in [0.25, 0.3) is 15.9 Å². The molecule has 0 unspecified atom stereocenters. The van der Waals surface area contributed by atoms with Gasteiger partial charge in [-0.05, 0) is 55.0 Å². The zero-order chi connectivity index (χ0) is 24.9. The molecule has 0 atom stereocenters. The number of benzene rings is 2. The van der Waals surface area contributed by atoms with Crippen LogP contribution in [0.4, 0.5) is 18.9 Å². The van der Waals surface area contributed by atoms with Gasteiger partial charge in [0.15, 0.2) is 0 Å². The number of hydrogen-bond donors (Lipinski definition) is 1. The molecular weight excluding hydrogens is 493 g/mol. The molecule has 0 aliphatic heterocycles. The first kappa shape index (κ1) is 25.2. The van der Waals surface area contributed by atoms with Crippen LogP contribution in [0.15, 0.2) is 77.0 Å². The lowest BCUT2D eigenvalue weighted by atomic mass is 10.2. The topological polar surface area (TPSA) is 91.7 Å². The number of pyridine rings is 1. The monoisotopic (exact) mass is 510 g/mol. The molecule has 1 aromatic heterocycles. The zero-order valence-corrected chi connectivity index (χ0v) is 19.2. The van der Waals surface area contributed by atoms with E-state index in [1.54, 1.807) is 19.1 Å². The van der Waals surface area contributed by atoms with Crippen LogP contribution in [0.25, 0.3) is 0 Å². The number of rotatable bonds is 7. The molecule has 34 heavy (non-hydrogen) atoms. The van der Waals surface area contributed by atoms with Crippen molar-refractivity contribution in [3.05, 3.63) is 88.7 Å². The maximum absolute atomic E-state index is 13.4. The summed E-state index contributed by atoms with van der Waals surface area (Å²) in [6.07, 6.45) is -0.498. The van der Waals surface area contributed by atoms with E-state index >= 15 is 0 Å². The summed E-state index contributed by atoms with van der Waals surface area (Å²) in [5.74, 6) is -0.871. The molecule has 12 heteroatoms. The fourth-order valence-corrected chi connectivity index (χ4v) is 4.47. The highest BCUT2D eigenvalue weighted by molar-refractivity contribution is 7.92. The number of hydrogen-bond acceptors (Lipinski definition) is 5. The Balaban J connectivity index is 1.96. The minimum Gasteiger partial charge on any atom is -0.271 e. The number of amides is 1. The number of anilines is 1. The number of nitrogens with zero attached hydrogens (tertiary/aromatic N) is 3. The van der Waals surface area contributed by atoms with Crippen molar-refractivity contribution >= 4 is 39.4 Å². The molecule has 3 aromatic rings. The normalized spacial score (nSPS) is 12.0. The molecule has 0 bridgehead atoms. The third-order valence-corrected chi connectivity index (χ3v) is 6.67. The van der Waals surface area contributed by atoms with E-state index in [2.05, 4.69) is 15.5 Å². The van der Waals surface area contributed by atoms with E-state index in [1.807, 2.05) is 0 Å². The first-order valence-electron chi connectivity index (χ1n) is 9.66. The van der Waals surface area contributed by atoms with E-state index in [-0.39, 0.29) is 10.6 Å². The predicted molar refractivity (Wildman–Crippen MR) is 122 cm³/mol. The fourth-order valence-electron chi connectivity index (χ4n) is 2.83. The van der Waals surface area contributed by atoms with E-state index < -0.39 is 39.2 Å². The Morgan fingerprint density at radius 2 is 1.76 bits per heavy atom. The number of hydrazone groups is 1. The van der Waals surface area contributed by atoms with Gasteiger partial charge in [0, 0.05) is 12.4 Å². The van der Waals surface area contributed by atoms with Crippen molar-refractivity contribution in [2.75, 3.05) is 10.8 Å². The van der Waals surface area contributed by atoms with Gasteiger partial charge < -0.3 is 0 Å². The van der Waals surface area contributed by atoms with Crippen molar-refractivity contribution in [1.82, 2.24) is 10.4 Å². The molecule has 7 nitrogen and oxygen atoms in total. The number of halogens is 4. The molecule has 0 aliphatic rings. The lowest BCUT2D eigenvalue weighted by Gasteiger charge is -2.25. The van der Waals surface area contributed by atoms with E-state index in [0.29, 0.717) is 15.9 Å². The molecule has 0 radical (unpaired) electrons. The van der Waals surface area contributed by atoms with Crippen molar-refractivity contribution < 1.29 is 26.4 Å². The van der Waals surface area contributed by atoms with Crippen LogP contribution in [0.5, 0.6) is 0 Å². The molecule has 178 valence electrons. The number of sulfonamides is 1. The molecule has 0 spiro atoms. The third-order valence-electron chi connectivity index (χ3n) is 4.55. The molecule has 0 aliphatic carbocycles.